The van der Waals surface area contributed by atoms with E-state index in [0.29, 0.717) is 0 Å². The van der Waals surface area contributed by atoms with Gasteiger partial charge >= 0.3 is 11.9 Å². The van der Waals surface area contributed by atoms with Gasteiger partial charge in [-0.25, -0.2) is 9.59 Å². The molecule has 2 aromatic carbocycles. The molecule has 0 spiro atoms. The molecule has 10 nitrogen and oxygen atoms in total. The van der Waals surface area contributed by atoms with Crippen LogP contribution in [-0.2, 0) is 4.12 Å². The molecule has 0 heterocycles. The maximum Gasteiger partial charge on any atom is 0.336 e. The zero-order valence-corrected chi connectivity index (χ0v) is 23.2. The number of ether oxygens (including phenoxy) is 1. The Morgan fingerprint density at radius 3 is 1.72 bits per heavy atom. The second kappa shape index (κ2) is 11.6. The molecule has 0 bridgehead atoms. The van der Waals surface area contributed by atoms with E-state index in [9.17, 15) is 29.4 Å². The van der Waals surface area contributed by atoms with E-state index in [4.69, 9.17) is 8.85 Å². The summed E-state index contributed by atoms with van der Waals surface area (Å²) in [7, 11) is -2.40. The van der Waals surface area contributed by atoms with Gasteiger partial charge in [-0.1, -0.05) is 0 Å². The number of nitrogens with one attached hydrogen (secondary N) is 2. The number of rotatable bonds is 12. The van der Waals surface area contributed by atoms with Crippen LogP contribution in [0.3, 0.4) is 0 Å². The van der Waals surface area contributed by atoms with E-state index in [1.165, 1.54) is 43.3 Å². The number of carboxylic acid groups (broad SMARTS) is 2. The summed E-state index contributed by atoms with van der Waals surface area (Å²) in [6.07, 6.45) is 1.05. The van der Waals surface area contributed by atoms with Gasteiger partial charge in [0.1, 0.15) is 11.5 Å². The van der Waals surface area contributed by atoms with E-state index < -0.39 is 40.3 Å². The van der Waals surface area contributed by atoms with Gasteiger partial charge in [-0.3, -0.25) is 9.59 Å². The Labute approximate surface area is 211 Å². The summed E-state index contributed by atoms with van der Waals surface area (Å²) in [6, 6.07) is 7.85. The van der Waals surface area contributed by atoms with Crippen LogP contribution < -0.4 is 15.4 Å². The number of carbonyl (C=O) groups is 4. The highest BCUT2D eigenvalue weighted by Crippen LogP contribution is 2.27. The van der Waals surface area contributed by atoms with Gasteiger partial charge in [0.2, 0.25) is 0 Å². The smallest absolute Gasteiger partial charge is 0.336 e. The van der Waals surface area contributed by atoms with Crippen LogP contribution in [0.25, 0.3) is 0 Å². The van der Waals surface area contributed by atoms with E-state index in [1.807, 2.05) is 20.1 Å². The molecule has 4 N–H and O–H groups in total. The molecule has 0 aliphatic heterocycles. The number of carbonyl (C=O) groups excluding carboxylic acids is 2. The lowest BCUT2D eigenvalue weighted by Gasteiger charge is -2.34. The van der Waals surface area contributed by atoms with Crippen molar-refractivity contribution in [3.8, 4) is 11.5 Å². The molecule has 0 aliphatic carbocycles. The van der Waals surface area contributed by atoms with Crippen LogP contribution in [0.1, 0.15) is 48.4 Å². The predicted molar refractivity (Wildman–Crippen MR) is 139 cm³/mol. The molecule has 36 heavy (non-hydrogen) atoms. The lowest BCUT2D eigenvalue weighted by Crippen LogP contribution is -2.55. The summed E-state index contributed by atoms with van der Waals surface area (Å²) < 4.78 is 12.1. The minimum atomic E-state index is -2.29. The van der Waals surface area contributed by atoms with Crippen LogP contribution >= 0.6 is 0 Å². The van der Waals surface area contributed by atoms with Crippen molar-refractivity contribution < 1.29 is 38.2 Å². The van der Waals surface area contributed by atoms with Gasteiger partial charge in [-0.2, -0.15) is 0 Å². The fraction of sp³-hybridized carbons (Fsp3) is 0.333. The molecule has 0 saturated carbocycles. The van der Waals surface area contributed by atoms with Gasteiger partial charge in [0.15, 0.2) is 22.4 Å². The molecule has 194 valence electrons. The predicted octanol–water partition coefficient (Wildman–Crippen LogP) is 3.53. The second-order valence-electron chi connectivity index (χ2n) is 9.52. The molecule has 2 aromatic rings. The third-order valence-electron chi connectivity index (χ3n) is 5.13. The van der Waals surface area contributed by atoms with Crippen molar-refractivity contribution in [2.75, 3.05) is 19.4 Å². The Morgan fingerprint density at radius 1 is 0.778 bits per heavy atom. The summed E-state index contributed by atoms with van der Waals surface area (Å²) in [5, 5.41) is 24.8. The fourth-order valence-electron chi connectivity index (χ4n) is 3.80. The van der Waals surface area contributed by atoms with Gasteiger partial charge in [0.25, 0.3) is 5.91 Å². The van der Waals surface area contributed by atoms with Crippen molar-refractivity contribution in [3.05, 3.63) is 58.7 Å². The SMILES string of the molecule is CNC[Si](C)(C)O[Si](C)(C)CNC(=O)c1cc(Oc2ccc(C(=O)O)c(C(C)=O)c2)ccc1C(=O)O. The van der Waals surface area contributed by atoms with Crippen molar-refractivity contribution in [3.63, 3.8) is 0 Å². The number of Topliss-reactive ketones (excluding diaryl/α,β-unsaturated/α-hetero) is 1. The minimum absolute atomic E-state index is 0.0305. The van der Waals surface area contributed by atoms with Crippen LogP contribution in [-0.4, -0.2) is 69.9 Å². The van der Waals surface area contributed by atoms with E-state index in [1.54, 1.807) is 0 Å². The Balaban J connectivity index is 2.29. The Bertz CT molecular complexity index is 1180. The highest BCUT2D eigenvalue weighted by atomic mass is 28.4. The number of amides is 1. The molecule has 12 heteroatoms. The Hall–Kier alpha value is -3.33. The third kappa shape index (κ3) is 7.85. The van der Waals surface area contributed by atoms with Crippen molar-refractivity contribution in [1.29, 1.82) is 0 Å². The van der Waals surface area contributed by atoms with E-state index >= 15 is 0 Å². The summed E-state index contributed by atoms with van der Waals surface area (Å²) >= 11 is 0. The molecule has 0 fully saturated rings. The van der Waals surface area contributed by atoms with Crippen molar-refractivity contribution >= 4 is 40.3 Å². The molecule has 0 aromatic heterocycles. The molecular formula is C24H32N2O8Si2. The van der Waals surface area contributed by atoms with Crippen molar-refractivity contribution in [2.24, 2.45) is 0 Å². The summed E-state index contributed by atoms with van der Waals surface area (Å²) in [6.45, 7) is 9.39. The fourth-order valence-corrected chi connectivity index (χ4v) is 11.8. The largest absolute Gasteiger partial charge is 0.478 e. The maximum absolute atomic E-state index is 13.0. The average molecular weight is 533 g/mol. The van der Waals surface area contributed by atoms with Gasteiger partial charge in [-0.05, 0) is 76.6 Å². The van der Waals surface area contributed by atoms with Crippen molar-refractivity contribution in [2.45, 2.75) is 33.1 Å². The monoisotopic (exact) mass is 532 g/mol. The second-order valence-corrected chi connectivity index (χ2v) is 18.1. The van der Waals surface area contributed by atoms with E-state index in [-0.39, 0.29) is 39.9 Å². The summed E-state index contributed by atoms with van der Waals surface area (Å²) in [5.41, 5.74) is -0.482. The normalized spacial score (nSPS) is 11.6. The quantitative estimate of drug-likeness (QED) is 0.238. The van der Waals surface area contributed by atoms with Crippen LogP contribution in [0.2, 0.25) is 26.2 Å². The third-order valence-corrected chi connectivity index (χ3v) is 11.8. The number of benzene rings is 2. The molecule has 0 aliphatic rings. The zero-order chi connectivity index (χ0) is 27.3. The summed E-state index contributed by atoms with van der Waals surface area (Å²) in [5.74, 6) is -3.23. The topological polar surface area (TPSA) is 151 Å². The first-order valence-electron chi connectivity index (χ1n) is 11.2. The van der Waals surface area contributed by atoms with Crippen LogP contribution in [0.4, 0.5) is 0 Å². The Morgan fingerprint density at radius 2 is 1.25 bits per heavy atom. The standard InChI is InChI=1S/C24H32N2O8Si2/c1-15(27)20-11-16(7-9-18(20)23(29)30)33-17-8-10-19(24(31)32)21(12-17)22(28)26-14-36(5,6)34-35(3,4)13-25-2/h7-12,25H,13-14H2,1-6H3,(H,26,28)(H,29,30)(H,31,32). The Kier molecular flexibility index (Phi) is 9.32. The number of ketones is 1. The lowest BCUT2D eigenvalue weighted by molar-refractivity contribution is 0.0683. The molecule has 0 atom stereocenters. The molecule has 0 radical (unpaired) electrons. The summed E-state index contributed by atoms with van der Waals surface area (Å²) in [4.78, 5) is 48.0. The number of carboxylic acids is 2. The first-order chi connectivity index (χ1) is 16.7. The average Bonchev–Trinajstić information content (AvgIpc) is 2.76. The van der Waals surface area contributed by atoms with Gasteiger partial charge in [0, 0.05) is 17.9 Å². The molecule has 0 unspecified atom stereocenters. The van der Waals surface area contributed by atoms with Crippen LogP contribution in [0.5, 0.6) is 11.5 Å². The minimum Gasteiger partial charge on any atom is -0.478 e. The zero-order valence-electron chi connectivity index (χ0n) is 21.2. The molecule has 0 saturated heterocycles. The van der Waals surface area contributed by atoms with Gasteiger partial charge in [-0.15, -0.1) is 0 Å². The molecular weight excluding hydrogens is 500 g/mol. The van der Waals surface area contributed by atoms with Crippen LogP contribution in [0.15, 0.2) is 36.4 Å². The molecule has 1 amide bonds. The number of aromatic carboxylic acids is 2. The van der Waals surface area contributed by atoms with Crippen LogP contribution in [0, 0.1) is 0 Å². The van der Waals surface area contributed by atoms with Gasteiger partial charge in [0.05, 0.1) is 16.7 Å². The highest BCUT2D eigenvalue weighted by Gasteiger charge is 2.33. The maximum atomic E-state index is 13.0. The van der Waals surface area contributed by atoms with E-state index in [2.05, 4.69) is 23.7 Å². The van der Waals surface area contributed by atoms with Gasteiger partial charge < -0.3 is 29.7 Å². The molecule has 2 rings (SSSR count). The first-order valence-corrected chi connectivity index (χ1v) is 17.5. The lowest BCUT2D eigenvalue weighted by atomic mass is 10.0. The first kappa shape index (κ1) is 28.9. The number of hydrogen-bond donors (Lipinski definition) is 4. The van der Waals surface area contributed by atoms with E-state index in [0.717, 1.165) is 6.17 Å². The number of hydrogen-bond acceptors (Lipinski definition) is 7. The highest BCUT2D eigenvalue weighted by molar-refractivity contribution is 6.85. The van der Waals surface area contributed by atoms with Crippen molar-refractivity contribution in [1.82, 2.24) is 10.6 Å².